The van der Waals surface area contributed by atoms with E-state index < -0.39 is 0 Å². The fourth-order valence-electron chi connectivity index (χ4n) is 3.97. The van der Waals surface area contributed by atoms with Crippen LogP contribution in [0, 0.1) is 5.92 Å². The molecule has 2 fully saturated rings. The summed E-state index contributed by atoms with van der Waals surface area (Å²) in [4.78, 5) is 1.20. The van der Waals surface area contributed by atoms with E-state index in [9.17, 15) is 0 Å². The van der Waals surface area contributed by atoms with Crippen LogP contribution in [0.1, 0.15) is 81.3 Å². The smallest absolute Gasteiger partial charge is 0.0829 e. The van der Waals surface area contributed by atoms with Crippen LogP contribution >= 0.6 is 11.5 Å². The Kier molecular flexibility index (Phi) is 4.62. The van der Waals surface area contributed by atoms with Crippen LogP contribution in [0.15, 0.2) is 0 Å². The molecule has 1 spiro atoms. The van der Waals surface area contributed by atoms with Gasteiger partial charge in [-0.05, 0) is 49.1 Å². The second kappa shape index (κ2) is 6.31. The van der Waals surface area contributed by atoms with Crippen LogP contribution in [0.3, 0.4) is 0 Å². The number of hydrogen-bond acceptors (Lipinski definition) is 5. The van der Waals surface area contributed by atoms with Crippen molar-refractivity contribution in [1.82, 2.24) is 9.59 Å². The zero-order valence-corrected chi connectivity index (χ0v) is 14.0. The average molecular weight is 309 g/mol. The molecule has 2 unspecified atom stereocenters. The van der Waals surface area contributed by atoms with Gasteiger partial charge in [-0.15, -0.1) is 5.10 Å². The Morgan fingerprint density at radius 2 is 2.05 bits per heavy atom. The molecule has 2 N–H and O–H groups in total. The van der Waals surface area contributed by atoms with Gasteiger partial charge >= 0.3 is 0 Å². The van der Waals surface area contributed by atoms with E-state index in [-0.39, 0.29) is 11.6 Å². The van der Waals surface area contributed by atoms with Gasteiger partial charge in [-0.1, -0.05) is 37.6 Å². The summed E-state index contributed by atoms with van der Waals surface area (Å²) in [6, 6.07) is 0.0742. The van der Waals surface area contributed by atoms with Crippen LogP contribution in [-0.2, 0) is 4.74 Å². The van der Waals surface area contributed by atoms with E-state index in [0.717, 1.165) is 25.1 Å². The van der Waals surface area contributed by atoms with Gasteiger partial charge in [0.15, 0.2) is 0 Å². The summed E-state index contributed by atoms with van der Waals surface area (Å²) in [5.41, 5.74) is 7.83. The van der Waals surface area contributed by atoms with Crippen molar-refractivity contribution in [2.45, 2.75) is 76.4 Å². The molecule has 3 rings (SSSR count). The first-order chi connectivity index (χ1) is 10.1. The second-order valence-corrected chi connectivity index (χ2v) is 7.83. The van der Waals surface area contributed by atoms with Gasteiger partial charge in [0.1, 0.15) is 0 Å². The van der Waals surface area contributed by atoms with E-state index in [1.807, 2.05) is 0 Å². The minimum atomic E-state index is 0.0742. The van der Waals surface area contributed by atoms with Crippen molar-refractivity contribution in [3.63, 3.8) is 0 Å². The molecular formula is C16H27N3OS. The molecule has 0 radical (unpaired) electrons. The maximum Gasteiger partial charge on any atom is 0.0829 e. The fourth-order valence-corrected chi connectivity index (χ4v) is 4.87. The van der Waals surface area contributed by atoms with Crippen molar-refractivity contribution in [2.75, 3.05) is 6.61 Å². The van der Waals surface area contributed by atoms with Crippen molar-refractivity contribution >= 4 is 11.5 Å². The zero-order valence-electron chi connectivity index (χ0n) is 13.2. The Hall–Kier alpha value is -0.520. The van der Waals surface area contributed by atoms with Crippen molar-refractivity contribution in [3.05, 3.63) is 10.6 Å². The van der Waals surface area contributed by atoms with Gasteiger partial charge in [0.2, 0.25) is 0 Å². The quantitative estimate of drug-likeness (QED) is 0.922. The first kappa shape index (κ1) is 15.4. The number of nitrogens with two attached hydrogens (primary N) is 1. The van der Waals surface area contributed by atoms with Crippen molar-refractivity contribution in [2.24, 2.45) is 11.7 Å². The third kappa shape index (κ3) is 3.15. The highest BCUT2D eigenvalue weighted by Crippen LogP contribution is 2.44. The van der Waals surface area contributed by atoms with Crippen molar-refractivity contribution < 1.29 is 4.74 Å². The number of nitrogens with zero attached hydrogens (tertiary/aromatic N) is 2. The van der Waals surface area contributed by atoms with Crippen LogP contribution in [-0.4, -0.2) is 21.8 Å². The van der Waals surface area contributed by atoms with E-state index in [2.05, 4.69) is 23.4 Å². The van der Waals surface area contributed by atoms with E-state index >= 15 is 0 Å². The number of rotatable bonds is 3. The van der Waals surface area contributed by atoms with Gasteiger partial charge in [-0.2, -0.15) is 0 Å². The topological polar surface area (TPSA) is 61.0 Å². The molecule has 2 atom stereocenters. The summed E-state index contributed by atoms with van der Waals surface area (Å²) < 4.78 is 10.3. The zero-order chi connectivity index (χ0) is 14.9. The van der Waals surface area contributed by atoms with Gasteiger partial charge in [-0.3, -0.25) is 0 Å². The van der Waals surface area contributed by atoms with Crippen LogP contribution in [0.25, 0.3) is 0 Å². The molecule has 0 aromatic carbocycles. The number of hydrogen-bond donors (Lipinski definition) is 1. The van der Waals surface area contributed by atoms with Gasteiger partial charge in [0, 0.05) is 12.6 Å². The molecule has 2 heterocycles. The minimum absolute atomic E-state index is 0.0742. The molecule has 5 heteroatoms. The van der Waals surface area contributed by atoms with E-state index in [1.165, 1.54) is 48.5 Å². The Balaban J connectivity index is 1.74. The van der Waals surface area contributed by atoms with Crippen LogP contribution in [0.5, 0.6) is 0 Å². The molecule has 0 amide bonds. The summed E-state index contributed by atoms with van der Waals surface area (Å²) in [6.07, 6.45) is 8.59. The molecule has 1 aromatic rings. The molecule has 1 saturated heterocycles. The first-order valence-electron chi connectivity index (χ1n) is 8.33. The fraction of sp³-hybridized carbons (Fsp3) is 0.875. The molecule has 2 aliphatic rings. The SMILES string of the molecule is CC(C)c1nnsc1C(N)C1CCOC2(CCCCC2)C1. The van der Waals surface area contributed by atoms with E-state index in [0.29, 0.717) is 11.8 Å². The summed E-state index contributed by atoms with van der Waals surface area (Å²) >= 11 is 1.49. The number of aromatic nitrogens is 2. The molecule has 4 nitrogen and oxygen atoms in total. The predicted octanol–water partition coefficient (Wildman–Crippen LogP) is 3.79. The molecule has 1 saturated carbocycles. The minimum Gasteiger partial charge on any atom is -0.375 e. The van der Waals surface area contributed by atoms with Crippen LogP contribution in [0.4, 0.5) is 0 Å². The Morgan fingerprint density at radius 3 is 2.76 bits per heavy atom. The largest absolute Gasteiger partial charge is 0.375 e. The first-order valence-corrected chi connectivity index (χ1v) is 9.10. The standard InChI is InChI=1S/C16H27N3OS/c1-11(2)14-15(21-19-18-14)13(17)12-6-9-20-16(10-12)7-4-3-5-8-16/h11-13H,3-10,17H2,1-2H3. The van der Waals surface area contributed by atoms with Gasteiger partial charge < -0.3 is 10.5 Å². The normalized spacial score (nSPS) is 27.1. The Bertz CT molecular complexity index is 462. The molecular weight excluding hydrogens is 282 g/mol. The summed E-state index contributed by atoms with van der Waals surface area (Å²) in [6.45, 7) is 5.20. The highest BCUT2D eigenvalue weighted by molar-refractivity contribution is 7.05. The second-order valence-electron chi connectivity index (χ2n) is 7.05. The maximum atomic E-state index is 6.62. The molecule has 0 bridgehead atoms. The lowest BCUT2D eigenvalue weighted by Gasteiger charge is -2.44. The molecule has 118 valence electrons. The molecule has 1 aromatic heterocycles. The Morgan fingerprint density at radius 1 is 1.29 bits per heavy atom. The van der Waals surface area contributed by atoms with E-state index in [4.69, 9.17) is 10.5 Å². The summed E-state index contributed by atoms with van der Waals surface area (Å²) in [7, 11) is 0. The lowest BCUT2D eigenvalue weighted by molar-refractivity contribution is -0.120. The lowest BCUT2D eigenvalue weighted by atomic mass is 9.74. The average Bonchev–Trinajstić information content (AvgIpc) is 2.97. The van der Waals surface area contributed by atoms with Gasteiger partial charge in [0.05, 0.1) is 16.2 Å². The van der Waals surface area contributed by atoms with Crippen LogP contribution < -0.4 is 5.73 Å². The highest BCUT2D eigenvalue weighted by atomic mass is 32.1. The van der Waals surface area contributed by atoms with Crippen molar-refractivity contribution in [1.29, 1.82) is 0 Å². The third-order valence-electron chi connectivity index (χ3n) is 5.19. The van der Waals surface area contributed by atoms with Crippen LogP contribution in [0.2, 0.25) is 0 Å². The van der Waals surface area contributed by atoms with Gasteiger partial charge in [-0.25, -0.2) is 0 Å². The lowest BCUT2D eigenvalue weighted by Crippen LogP contribution is -2.44. The molecule has 1 aliphatic carbocycles. The maximum absolute atomic E-state index is 6.62. The third-order valence-corrected chi connectivity index (χ3v) is 6.03. The predicted molar refractivity (Wildman–Crippen MR) is 85.4 cm³/mol. The van der Waals surface area contributed by atoms with Gasteiger partial charge in [0.25, 0.3) is 0 Å². The monoisotopic (exact) mass is 309 g/mol. The summed E-state index contributed by atoms with van der Waals surface area (Å²) in [5, 5.41) is 4.29. The molecule has 1 aliphatic heterocycles. The van der Waals surface area contributed by atoms with Crippen molar-refractivity contribution in [3.8, 4) is 0 Å². The molecule has 21 heavy (non-hydrogen) atoms. The van der Waals surface area contributed by atoms with E-state index in [1.54, 1.807) is 0 Å². The Labute approximate surface area is 131 Å². The highest BCUT2D eigenvalue weighted by Gasteiger charge is 2.41. The number of ether oxygens (including phenoxy) is 1. The summed E-state index contributed by atoms with van der Waals surface area (Å²) in [5.74, 6) is 0.907.